The van der Waals surface area contributed by atoms with E-state index >= 15 is 0 Å². The Morgan fingerprint density at radius 3 is 2.45 bits per heavy atom. The zero-order chi connectivity index (χ0) is 23.9. The number of rotatable bonds is 5. The van der Waals surface area contributed by atoms with Gasteiger partial charge in [-0.3, -0.25) is 0 Å². The van der Waals surface area contributed by atoms with Gasteiger partial charge in [-0.2, -0.15) is 0 Å². The largest absolute Gasteiger partial charge is 0.394 e. The van der Waals surface area contributed by atoms with Crippen LogP contribution in [0.15, 0.2) is 41.4 Å². The fourth-order valence-electron chi connectivity index (χ4n) is 3.44. The standard InChI is InChI=1S/C20H16Cl2F3N3O4S/c21-9-2-1-3-14(15(9)22)33-20-19(31)17(18(30)13(7-29)32-20)28-6-12(26-27-28)8-4-10(23)16(25)11(24)5-8/h1-6,13,17-20,29-31H,7H2. The molecule has 1 aromatic heterocycles. The molecule has 13 heteroatoms. The van der Waals surface area contributed by atoms with Crippen molar-refractivity contribution in [1.29, 1.82) is 0 Å². The summed E-state index contributed by atoms with van der Waals surface area (Å²) in [4.78, 5) is 0.497. The Balaban J connectivity index is 1.65. The maximum absolute atomic E-state index is 13.6. The lowest BCUT2D eigenvalue weighted by molar-refractivity contribution is -0.178. The second-order valence-corrected chi connectivity index (χ2v) is 9.13. The first-order chi connectivity index (χ1) is 15.7. The van der Waals surface area contributed by atoms with Gasteiger partial charge in [-0.25, -0.2) is 17.9 Å². The van der Waals surface area contributed by atoms with Gasteiger partial charge in [0.1, 0.15) is 35.5 Å². The van der Waals surface area contributed by atoms with Crippen LogP contribution < -0.4 is 0 Å². The highest BCUT2D eigenvalue weighted by Crippen LogP contribution is 2.41. The minimum atomic E-state index is -1.62. The minimum Gasteiger partial charge on any atom is -0.394 e. The van der Waals surface area contributed by atoms with Crippen molar-refractivity contribution in [3.63, 3.8) is 0 Å². The van der Waals surface area contributed by atoms with Crippen LogP contribution in [0, 0.1) is 17.5 Å². The van der Waals surface area contributed by atoms with E-state index in [-0.39, 0.29) is 16.3 Å². The first kappa shape index (κ1) is 24.3. The third-order valence-electron chi connectivity index (χ3n) is 5.10. The monoisotopic (exact) mass is 521 g/mol. The summed E-state index contributed by atoms with van der Waals surface area (Å²) >= 11 is 13.3. The van der Waals surface area contributed by atoms with E-state index in [1.54, 1.807) is 18.2 Å². The number of halogens is 5. The summed E-state index contributed by atoms with van der Waals surface area (Å²) in [6.07, 6.45) is -2.65. The number of hydrogen-bond donors (Lipinski definition) is 3. The molecule has 1 fully saturated rings. The smallest absolute Gasteiger partial charge is 0.194 e. The van der Waals surface area contributed by atoms with Crippen LogP contribution in [0.5, 0.6) is 0 Å². The van der Waals surface area contributed by atoms with E-state index in [9.17, 15) is 28.5 Å². The molecule has 3 aromatic rings. The number of aliphatic hydroxyl groups is 3. The molecule has 176 valence electrons. The molecule has 0 aliphatic carbocycles. The zero-order valence-corrected chi connectivity index (χ0v) is 18.8. The molecule has 0 amide bonds. The fraction of sp³-hybridized carbons (Fsp3) is 0.300. The van der Waals surface area contributed by atoms with E-state index in [0.29, 0.717) is 9.92 Å². The molecule has 0 radical (unpaired) electrons. The number of ether oxygens (including phenoxy) is 1. The van der Waals surface area contributed by atoms with Gasteiger partial charge in [0, 0.05) is 10.5 Å². The van der Waals surface area contributed by atoms with Crippen molar-refractivity contribution in [3.05, 3.63) is 64.0 Å². The lowest BCUT2D eigenvalue weighted by Crippen LogP contribution is -2.55. The third-order valence-corrected chi connectivity index (χ3v) is 7.25. The predicted molar refractivity (Wildman–Crippen MR) is 114 cm³/mol. The van der Waals surface area contributed by atoms with Crippen molar-refractivity contribution in [2.24, 2.45) is 0 Å². The van der Waals surface area contributed by atoms with E-state index in [2.05, 4.69) is 10.3 Å². The SMILES string of the molecule is OCC1OC(Sc2cccc(Cl)c2Cl)C(O)C(n2cc(-c3cc(F)c(F)c(F)c3)nn2)C1O. The number of hydrogen-bond acceptors (Lipinski definition) is 7. The summed E-state index contributed by atoms with van der Waals surface area (Å²) in [5, 5.41) is 39.5. The van der Waals surface area contributed by atoms with Crippen molar-refractivity contribution in [2.45, 2.75) is 34.7 Å². The molecule has 1 aliphatic heterocycles. The maximum Gasteiger partial charge on any atom is 0.194 e. The summed E-state index contributed by atoms with van der Waals surface area (Å²) in [5.74, 6) is -4.42. The molecular weight excluding hydrogens is 506 g/mol. The summed E-state index contributed by atoms with van der Waals surface area (Å²) in [5.41, 5.74) is -1.12. The Morgan fingerprint density at radius 2 is 1.79 bits per heavy atom. The lowest BCUT2D eigenvalue weighted by atomic mass is 9.97. The predicted octanol–water partition coefficient (Wildman–Crippen LogP) is 3.44. The summed E-state index contributed by atoms with van der Waals surface area (Å²) in [6.45, 7) is -0.569. The number of benzene rings is 2. The maximum atomic E-state index is 13.6. The van der Waals surface area contributed by atoms with Crippen LogP contribution in [0.4, 0.5) is 13.2 Å². The molecule has 0 saturated carbocycles. The van der Waals surface area contributed by atoms with Gasteiger partial charge in [0.15, 0.2) is 17.5 Å². The van der Waals surface area contributed by atoms with E-state index in [1.807, 2.05) is 0 Å². The van der Waals surface area contributed by atoms with Crippen LogP contribution in [-0.4, -0.2) is 60.7 Å². The lowest BCUT2D eigenvalue weighted by Gasteiger charge is -2.41. The molecular formula is C20H16Cl2F3N3O4S. The summed E-state index contributed by atoms with van der Waals surface area (Å²) in [7, 11) is 0. The van der Waals surface area contributed by atoms with E-state index < -0.39 is 53.8 Å². The highest BCUT2D eigenvalue weighted by molar-refractivity contribution is 8.00. The average molecular weight is 522 g/mol. The van der Waals surface area contributed by atoms with Gasteiger partial charge in [0.2, 0.25) is 0 Å². The Bertz CT molecular complexity index is 1150. The second kappa shape index (κ2) is 9.79. The Labute approximate surface area is 199 Å². The van der Waals surface area contributed by atoms with Crippen molar-refractivity contribution >= 4 is 35.0 Å². The normalized spacial score (nSPS) is 25.4. The summed E-state index contributed by atoms with van der Waals surface area (Å²) < 4.78 is 47.2. The van der Waals surface area contributed by atoms with Gasteiger partial charge < -0.3 is 20.1 Å². The van der Waals surface area contributed by atoms with Crippen molar-refractivity contribution < 1.29 is 33.2 Å². The molecule has 2 aromatic carbocycles. The van der Waals surface area contributed by atoms with Crippen LogP contribution in [-0.2, 0) is 4.74 Å². The van der Waals surface area contributed by atoms with Crippen LogP contribution >= 0.6 is 35.0 Å². The number of nitrogens with zero attached hydrogens (tertiary/aromatic N) is 3. The van der Waals surface area contributed by atoms with Crippen LogP contribution in [0.3, 0.4) is 0 Å². The van der Waals surface area contributed by atoms with Crippen molar-refractivity contribution in [3.8, 4) is 11.3 Å². The molecule has 1 aliphatic rings. The number of thioether (sulfide) groups is 1. The Hall–Kier alpha value is -1.86. The van der Waals surface area contributed by atoms with Gasteiger partial charge >= 0.3 is 0 Å². The van der Waals surface area contributed by atoms with Crippen molar-refractivity contribution in [1.82, 2.24) is 15.0 Å². The van der Waals surface area contributed by atoms with Crippen molar-refractivity contribution in [2.75, 3.05) is 6.61 Å². The average Bonchev–Trinajstić information content (AvgIpc) is 3.26. The second-order valence-electron chi connectivity index (χ2n) is 7.20. The van der Waals surface area contributed by atoms with Gasteiger partial charge in [-0.1, -0.05) is 46.2 Å². The fourth-order valence-corrected chi connectivity index (χ4v) is 5.05. The minimum absolute atomic E-state index is 0.0265. The number of aliphatic hydroxyl groups excluding tert-OH is 3. The van der Waals surface area contributed by atoms with Crippen LogP contribution in [0.2, 0.25) is 10.0 Å². The van der Waals surface area contributed by atoms with Gasteiger partial charge in [-0.05, 0) is 24.3 Å². The molecule has 7 nitrogen and oxygen atoms in total. The molecule has 5 unspecified atom stereocenters. The molecule has 0 bridgehead atoms. The molecule has 33 heavy (non-hydrogen) atoms. The Kier molecular flexibility index (Phi) is 7.20. The Morgan fingerprint density at radius 1 is 1.09 bits per heavy atom. The molecule has 5 atom stereocenters. The molecule has 0 spiro atoms. The van der Waals surface area contributed by atoms with Crippen LogP contribution in [0.1, 0.15) is 6.04 Å². The third kappa shape index (κ3) is 4.72. The molecule has 1 saturated heterocycles. The number of aromatic nitrogens is 3. The van der Waals surface area contributed by atoms with Crippen LogP contribution in [0.25, 0.3) is 11.3 Å². The first-order valence-electron chi connectivity index (χ1n) is 9.51. The molecule has 2 heterocycles. The highest BCUT2D eigenvalue weighted by Gasteiger charge is 2.46. The molecule has 3 N–H and O–H groups in total. The first-order valence-corrected chi connectivity index (χ1v) is 11.1. The van der Waals surface area contributed by atoms with Gasteiger partial charge in [0.25, 0.3) is 0 Å². The van der Waals surface area contributed by atoms with Gasteiger partial charge in [0.05, 0.1) is 22.8 Å². The highest BCUT2D eigenvalue weighted by atomic mass is 35.5. The summed E-state index contributed by atoms with van der Waals surface area (Å²) in [6, 6.07) is 5.26. The van der Waals surface area contributed by atoms with E-state index in [0.717, 1.165) is 28.6 Å². The zero-order valence-electron chi connectivity index (χ0n) is 16.4. The van der Waals surface area contributed by atoms with E-state index in [4.69, 9.17) is 27.9 Å². The van der Waals surface area contributed by atoms with Gasteiger partial charge in [-0.15, -0.1) is 5.10 Å². The molecule has 4 rings (SSSR count). The van der Waals surface area contributed by atoms with E-state index in [1.165, 1.54) is 6.20 Å². The topological polar surface area (TPSA) is 101 Å². The quantitative estimate of drug-likeness (QED) is 0.442.